The molecular formula is C11H14BrNO2S. The molecule has 1 aromatic rings. The molecule has 16 heavy (non-hydrogen) atoms. The van der Waals surface area contributed by atoms with E-state index < -0.39 is 9.84 Å². The van der Waals surface area contributed by atoms with Gasteiger partial charge in [-0.05, 0) is 24.3 Å². The van der Waals surface area contributed by atoms with Gasteiger partial charge in [-0.15, -0.1) is 0 Å². The second-order valence-electron chi connectivity index (χ2n) is 3.30. The minimum Gasteiger partial charge on any atom is -0.380 e. The number of nitrogens with one attached hydrogen (secondary N) is 1. The zero-order chi connectivity index (χ0) is 12.2. The molecule has 0 fully saturated rings. The van der Waals surface area contributed by atoms with Crippen LogP contribution in [0, 0.1) is 0 Å². The Balaban J connectivity index is 2.80. The van der Waals surface area contributed by atoms with E-state index in [4.69, 9.17) is 0 Å². The number of halogens is 1. The molecule has 88 valence electrons. The fraction of sp³-hybridized carbons (Fsp3) is 0.273. The number of rotatable bonds is 5. The third-order valence-electron chi connectivity index (χ3n) is 2.08. The second kappa shape index (κ2) is 5.50. The Hall–Kier alpha value is -0.810. The number of sulfone groups is 1. The predicted octanol–water partition coefficient (Wildman–Crippen LogP) is 2.80. The predicted molar refractivity (Wildman–Crippen MR) is 70.7 cm³/mol. The van der Waals surface area contributed by atoms with Gasteiger partial charge >= 0.3 is 0 Å². The lowest BCUT2D eigenvalue weighted by molar-refractivity contribution is 0.597. The molecular weight excluding hydrogens is 290 g/mol. The maximum Gasteiger partial charge on any atom is 0.178 e. The van der Waals surface area contributed by atoms with Gasteiger partial charge in [0.2, 0.25) is 0 Å². The zero-order valence-electron chi connectivity index (χ0n) is 9.03. The number of hydrogen-bond donors (Lipinski definition) is 1. The fourth-order valence-corrected chi connectivity index (χ4v) is 2.17. The summed E-state index contributed by atoms with van der Waals surface area (Å²) in [6.07, 6.45) is 0. The molecule has 3 nitrogen and oxygen atoms in total. The van der Waals surface area contributed by atoms with Crippen LogP contribution in [0.5, 0.6) is 0 Å². The van der Waals surface area contributed by atoms with Gasteiger partial charge in [0.05, 0.1) is 10.6 Å². The molecule has 0 aromatic heterocycles. The molecule has 0 saturated heterocycles. The monoisotopic (exact) mass is 303 g/mol. The molecule has 0 bridgehead atoms. The van der Waals surface area contributed by atoms with E-state index in [9.17, 15) is 8.42 Å². The van der Waals surface area contributed by atoms with Gasteiger partial charge in [0.1, 0.15) is 0 Å². The number of hydrogen-bond acceptors (Lipinski definition) is 3. The van der Waals surface area contributed by atoms with Crippen LogP contribution >= 0.6 is 15.9 Å². The topological polar surface area (TPSA) is 46.2 Å². The van der Waals surface area contributed by atoms with Gasteiger partial charge in [-0.3, -0.25) is 0 Å². The summed E-state index contributed by atoms with van der Waals surface area (Å²) >= 11 is 3.24. The smallest absolute Gasteiger partial charge is 0.178 e. The first-order valence-corrected chi connectivity index (χ1v) is 7.30. The van der Waals surface area contributed by atoms with Crippen LogP contribution in [0.25, 0.3) is 0 Å². The van der Waals surface area contributed by atoms with Crippen molar-refractivity contribution >= 4 is 31.5 Å². The van der Waals surface area contributed by atoms with E-state index in [-0.39, 0.29) is 5.75 Å². The molecule has 1 rings (SSSR count). The fourth-order valence-electron chi connectivity index (χ4n) is 1.14. The molecule has 0 saturated carbocycles. The Morgan fingerprint density at radius 1 is 1.38 bits per heavy atom. The summed E-state index contributed by atoms with van der Waals surface area (Å²) in [4.78, 5) is 0.359. The van der Waals surface area contributed by atoms with Crippen molar-refractivity contribution in [3.8, 4) is 0 Å². The van der Waals surface area contributed by atoms with Gasteiger partial charge in [0.25, 0.3) is 0 Å². The molecule has 0 aliphatic heterocycles. The first-order valence-electron chi connectivity index (χ1n) is 4.85. The highest BCUT2D eigenvalue weighted by Gasteiger charge is 2.10. The van der Waals surface area contributed by atoms with Gasteiger partial charge in [-0.2, -0.15) is 0 Å². The molecule has 5 heteroatoms. The molecule has 0 heterocycles. The van der Waals surface area contributed by atoms with Gasteiger partial charge in [-0.25, -0.2) is 8.42 Å². The van der Waals surface area contributed by atoms with Crippen molar-refractivity contribution in [1.82, 2.24) is 0 Å². The normalized spacial score (nSPS) is 11.1. The van der Waals surface area contributed by atoms with Gasteiger partial charge < -0.3 is 5.32 Å². The highest BCUT2D eigenvalue weighted by atomic mass is 79.9. The molecule has 0 amide bonds. The summed E-state index contributed by atoms with van der Waals surface area (Å²) in [6, 6.07) is 6.72. The number of anilines is 1. The van der Waals surface area contributed by atoms with E-state index in [1.54, 1.807) is 31.2 Å². The van der Waals surface area contributed by atoms with E-state index >= 15 is 0 Å². The molecule has 0 aliphatic carbocycles. The molecule has 1 aromatic carbocycles. The van der Waals surface area contributed by atoms with Crippen LogP contribution < -0.4 is 5.32 Å². The summed E-state index contributed by atoms with van der Waals surface area (Å²) in [5, 5.41) is 3.10. The van der Waals surface area contributed by atoms with Crippen LogP contribution in [-0.4, -0.2) is 20.7 Å². The van der Waals surface area contributed by atoms with E-state index in [2.05, 4.69) is 27.8 Å². The Morgan fingerprint density at radius 3 is 2.38 bits per heavy atom. The highest BCUT2D eigenvalue weighted by molar-refractivity contribution is 9.11. The highest BCUT2D eigenvalue weighted by Crippen LogP contribution is 2.15. The van der Waals surface area contributed by atoms with Crippen molar-refractivity contribution in [2.75, 3.05) is 17.6 Å². The minimum atomic E-state index is -3.10. The molecule has 0 atom stereocenters. The SMILES string of the molecule is C=C(Br)CNc1ccc(S(=O)(=O)CC)cc1. The second-order valence-corrected chi connectivity index (χ2v) is 6.70. The van der Waals surface area contributed by atoms with E-state index in [1.807, 2.05) is 0 Å². The van der Waals surface area contributed by atoms with Crippen molar-refractivity contribution in [3.63, 3.8) is 0 Å². The molecule has 0 radical (unpaired) electrons. The standard InChI is InChI=1S/C11H14BrNO2S/c1-3-16(14,15)11-6-4-10(5-7-11)13-8-9(2)12/h4-7,13H,2-3,8H2,1H3. The summed E-state index contributed by atoms with van der Waals surface area (Å²) in [7, 11) is -3.10. The Morgan fingerprint density at radius 2 is 1.94 bits per heavy atom. The maximum atomic E-state index is 11.5. The molecule has 0 spiro atoms. The van der Waals surface area contributed by atoms with E-state index in [1.165, 1.54) is 0 Å². The van der Waals surface area contributed by atoms with Crippen LogP contribution in [-0.2, 0) is 9.84 Å². The third kappa shape index (κ3) is 3.64. The third-order valence-corrected chi connectivity index (χ3v) is 4.11. The lowest BCUT2D eigenvalue weighted by Crippen LogP contribution is -2.04. The molecule has 0 unspecified atom stereocenters. The zero-order valence-corrected chi connectivity index (χ0v) is 11.4. The molecule has 1 N–H and O–H groups in total. The van der Waals surface area contributed by atoms with Crippen molar-refractivity contribution < 1.29 is 8.42 Å². The van der Waals surface area contributed by atoms with Crippen LogP contribution in [0.2, 0.25) is 0 Å². The van der Waals surface area contributed by atoms with Gasteiger partial charge in [0.15, 0.2) is 9.84 Å². The largest absolute Gasteiger partial charge is 0.380 e. The lowest BCUT2D eigenvalue weighted by atomic mass is 10.3. The Labute approximate surface area is 105 Å². The van der Waals surface area contributed by atoms with Gasteiger partial charge in [0, 0.05) is 16.7 Å². The van der Waals surface area contributed by atoms with E-state index in [0.717, 1.165) is 10.2 Å². The average molecular weight is 304 g/mol. The van der Waals surface area contributed by atoms with Crippen molar-refractivity contribution in [3.05, 3.63) is 35.3 Å². The quantitative estimate of drug-likeness (QED) is 0.910. The molecule has 0 aliphatic rings. The van der Waals surface area contributed by atoms with Crippen LogP contribution in [0.15, 0.2) is 40.2 Å². The minimum absolute atomic E-state index is 0.123. The Bertz CT molecular complexity index is 465. The van der Waals surface area contributed by atoms with Crippen molar-refractivity contribution in [2.45, 2.75) is 11.8 Å². The van der Waals surface area contributed by atoms with Crippen LogP contribution in [0.3, 0.4) is 0 Å². The summed E-state index contributed by atoms with van der Waals surface area (Å²) in [6.45, 7) is 5.94. The Kier molecular flexibility index (Phi) is 4.56. The first kappa shape index (κ1) is 13.3. The first-order chi connectivity index (χ1) is 7.45. The van der Waals surface area contributed by atoms with E-state index in [0.29, 0.717) is 11.4 Å². The van der Waals surface area contributed by atoms with Crippen LogP contribution in [0.1, 0.15) is 6.92 Å². The van der Waals surface area contributed by atoms with Crippen molar-refractivity contribution in [1.29, 1.82) is 0 Å². The number of benzene rings is 1. The van der Waals surface area contributed by atoms with Crippen LogP contribution in [0.4, 0.5) is 5.69 Å². The summed E-state index contributed by atoms with van der Waals surface area (Å²) in [5.41, 5.74) is 0.871. The summed E-state index contributed by atoms with van der Waals surface area (Å²) in [5.74, 6) is 0.123. The van der Waals surface area contributed by atoms with Gasteiger partial charge in [-0.1, -0.05) is 29.4 Å². The summed E-state index contributed by atoms with van der Waals surface area (Å²) < 4.78 is 23.9. The average Bonchev–Trinajstić information content (AvgIpc) is 2.27. The van der Waals surface area contributed by atoms with Crippen molar-refractivity contribution in [2.24, 2.45) is 0 Å². The maximum absolute atomic E-state index is 11.5. The lowest BCUT2D eigenvalue weighted by Gasteiger charge is -2.06.